The van der Waals surface area contributed by atoms with Crippen LogP contribution in [0.1, 0.15) is 18.1 Å². The summed E-state index contributed by atoms with van der Waals surface area (Å²) in [5, 5.41) is 12.1. The van der Waals surface area contributed by atoms with Crippen LogP contribution in [0.15, 0.2) is 48.5 Å². The van der Waals surface area contributed by atoms with Gasteiger partial charge < -0.3 is 10.2 Å². The van der Waals surface area contributed by atoms with E-state index in [4.69, 9.17) is 5.26 Å². The first-order chi connectivity index (χ1) is 12.6. The van der Waals surface area contributed by atoms with Crippen molar-refractivity contribution in [1.29, 1.82) is 5.26 Å². The lowest BCUT2D eigenvalue weighted by atomic mass is 10.1. The van der Waals surface area contributed by atoms with E-state index in [0.29, 0.717) is 11.3 Å². The fourth-order valence-corrected chi connectivity index (χ4v) is 3.36. The van der Waals surface area contributed by atoms with Gasteiger partial charge in [-0.05, 0) is 37.6 Å². The van der Waals surface area contributed by atoms with Crippen LogP contribution in [0.25, 0.3) is 0 Å². The number of anilines is 2. The summed E-state index contributed by atoms with van der Waals surface area (Å²) in [6, 6.07) is 17.4. The van der Waals surface area contributed by atoms with Crippen molar-refractivity contribution in [1.82, 2.24) is 4.90 Å². The fraction of sp³-hybridized carbons (Fsp3) is 0.333. The van der Waals surface area contributed by atoms with Crippen molar-refractivity contribution in [2.45, 2.75) is 19.9 Å². The molecule has 1 saturated heterocycles. The van der Waals surface area contributed by atoms with Gasteiger partial charge in [0.15, 0.2) is 0 Å². The number of para-hydroxylation sites is 2. The molecule has 1 heterocycles. The lowest BCUT2D eigenvalue weighted by Gasteiger charge is -2.39. The lowest BCUT2D eigenvalue weighted by molar-refractivity contribution is -0.120. The molecular formula is C21H24N4O. The normalized spacial score (nSPS) is 16.0. The molecule has 0 aliphatic carbocycles. The molecule has 0 unspecified atom stereocenters. The van der Waals surface area contributed by atoms with Crippen LogP contribution in [-0.2, 0) is 4.79 Å². The molecule has 5 nitrogen and oxygen atoms in total. The van der Waals surface area contributed by atoms with Gasteiger partial charge in [0.2, 0.25) is 5.91 Å². The van der Waals surface area contributed by atoms with Crippen LogP contribution >= 0.6 is 0 Å². The molecule has 0 spiro atoms. The molecule has 1 fully saturated rings. The first-order valence-corrected chi connectivity index (χ1v) is 8.95. The van der Waals surface area contributed by atoms with E-state index in [1.165, 1.54) is 11.3 Å². The monoisotopic (exact) mass is 348 g/mol. The number of rotatable bonds is 4. The highest BCUT2D eigenvalue weighted by Crippen LogP contribution is 2.22. The lowest BCUT2D eigenvalue weighted by Crippen LogP contribution is -2.53. The standard InChI is InChI=1S/C21H24N4O/c1-16-7-3-6-10-20(16)25-13-11-24(12-14-25)17(2)21(26)23-19-9-5-4-8-18(19)15-22/h3-10,17H,11-14H2,1-2H3,(H,23,26)/t17-/m1/s1. The number of piperazine rings is 1. The summed E-state index contributed by atoms with van der Waals surface area (Å²) in [5.41, 5.74) is 3.61. The summed E-state index contributed by atoms with van der Waals surface area (Å²) >= 11 is 0. The van der Waals surface area contributed by atoms with Crippen LogP contribution in [0.4, 0.5) is 11.4 Å². The Morgan fingerprint density at radius 1 is 1.08 bits per heavy atom. The Kier molecular flexibility index (Phi) is 5.55. The zero-order valence-electron chi connectivity index (χ0n) is 15.3. The van der Waals surface area contributed by atoms with E-state index in [0.717, 1.165) is 26.2 Å². The number of nitrogens with one attached hydrogen (secondary N) is 1. The molecule has 2 aromatic carbocycles. The first kappa shape index (κ1) is 18.0. The van der Waals surface area contributed by atoms with E-state index in [1.807, 2.05) is 13.0 Å². The van der Waals surface area contributed by atoms with Crippen LogP contribution in [-0.4, -0.2) is 43.0 Å². The van der Waals surface area contributed by atoms with Crippen LogP contribution in [0.3, 0.4) is 0 Å². The van der Waals surface area contributed by atoms with Gasteiger partial charge in [-0.15, -0.1) is 0 Å². The molecule has 0 radical (unpaired) electrons. The highest BCUT2D eigenvalue weighted by Gasteiger charge is 2.26. The third-order valence-electron chi connectivity index (χ3n) is 5.00. The Balaban J connectivity index is 1.60. The smallest absolute Gasteiger partial charge is 0.241 e. The van der Waals surface area contributed by atoms with Gasteiger partial charge >= 0.3 is 0 Å². The summed E-state index contributed by atoms with van der Waals surface area (Å²) in [4.78, 5) is 17.2. The Morgan fingerprint density at radius 3 is 2.42 bits per heavy atom. The van der Waals surface area contributed by atoms with E-state index in [-0.39, 0.29) is 11.9 Å². The molecule has 1 aliphatic rings. The summed E-state index contributed by atoms with van der Waals surface area (Å²) in [5.74, 6) is -0.0722. The van der Waals surface area contributed by atoms with Crippen molar-refractivity contribution >= 4 is 17.3 Å². The molecule has 1 aliphatic heterocycles. The van der Waals surface area contributed by atoms with Crippen LogP contribution in [0.5, 0.6) is 0 Å². The minimum absolute atomic E-state index is 0.0722. The van der Waals surface area contributed by atoms with Crippen molar-refractivity contribution in [3.63, 3.8) is 0 Å². The van der Waals surface area contributed by atoms with Crippen molar-refractivity contribution in [3.8, 4) is 6.07 Å². The molecule has 26 heavy (non-hydrogen) atoms. The molecule has 1 atom stereocenters. The Hall–Kier alpha value is -2.84. The molecule has 0 aromatic heterocycles. The van der Waals surface area contributed by atoms with Crippen LogP contribution < -0.4 is 10.2 Å². The van der Waals surface area contributed by atoms with Gasteiger partial charge in [0.25, 0.3) is 0 Å². The largest absolute Gasteiger partial charge is 0.369 e. The number of aryl methyl sites for hydroxylation is 1. The first-order valence-electron chi connectivity index (χ1n) is 8.95. The molecule has 2 aromatic rings. The average molecular weight is 348 g/mol. The Labute approximate surface area is 154 Å². The van der Waals surface area contributed by atoms with E-state index in [2.05, 4.69) is 52.4 Å². The van der Waals surface area contributed by atoms with Gasteiger partial charge in [-0.25, -0.2) is 0 Å². The number of nitrogens with zero attached hydrogens (tertiary/aromatic N) is 3. The summed E-state index contributed by atoms with van der Waals surface area (Å²) in [6.45, 7) is 7.53. The predicted octanol–water partition coefficient (Wildman–Crippen LogP) is 3.02. The molecule has 0 bridgehead atoms. The van der Waals surface area contributed by atoms with Crippen LogP contribution in [0.2, 0.25) is 0 Å². The number of carbonyl (C=O) groups excluding carboxylic acids is 1. The highest BCUT2D eigenvalue weighted by molar-refractivity contribution is 5.95. The number of hydrogen-bond donors (Lipinski definition) is 1. The van der Waals surface area contributed by atoms with Crippen molar-refractivity contribution in [2.24, 2.45) is 0 Å². The van der Waals surface area contributed by atoms with Gasteiger partial charge in [-0.2, -0.15) is 5.26 Å². The second kappa shape index (κ2) is 8.03. The minimum Gasteiger partial charge on any atom is -0.369 e. The summed E-state index contributed by atoms with van der Waals surface area (Å²) in [7, 11) is 0. The molecule has 134 valence electrons. The molecule has 1 amide bonds. The fourth-order valence-electron chi connectivity index (χ4n) is 3.36. The van der Waals surface area contributed by atoms with Crippen molar-refractivity contribution in [3.05, 3.63) is 59.7 Å². The molecule has 5 heteroatoms. The maximum atomic E-state index is 12.6. The molecule has 0 saturated carbocycles. The topological polar surface area (TPSA) is 59.4 Å². The number of carbonyl (C=O) groups is 1. The van der Waals surface area contributed by atoms with Gasteiger partial charge in [0.1, 0.15) is 6.07 Å². The van der Waals surface area contributed by atoms with E-state index in [9.17, 15) is 4.79 Å². The number of amides is 1. The number of hydrogen-bond acceptors (Lipinski definition) is 4. The molecule has 3 rings (SSSR count). The zero-order chi connectivity index (χ0) is 18.5. The van der Waals surface area contributed by atoms with Gasteiger partial charge in [-0.1, -0.05) is 30.3 Å². The minimum atomic E-state index is -0.235. The van der Waals surface area contributed by atoms with Gasteiger partial charge in [0, 0.05) is 31.9 Å². The average Bonchev–Trinajstić information content (AvgIpc) is 2.68. The quantitative estimate of drug-likeness (QED) is 0.923. The molecular weight excluding hydrogens is 324 g/mol. The maximum absolute atomic E-state index is 12.6. The second-order valence-electron chi connectivity index (χ2n) is 6.63. The predicted molar refractivity (Wildman–Crippen MR) is 104 cm³/mol. The number of nitriles is 1. The van der Waals surface area contributed by atoms with E-state index in [1.54, 1.807) is 18.2 Å². The third kappa shape index (κ3) is 3.87. The van der Waals surface area contributed by atoms with Crippen molar-refractivity contribution in [2.75, 3.05) is 36.4 Å². The van der Waals surface area contributed by atoms with E-state index < -0.39 is 0 Å². The summed E-state index contributed by atoms with van der Waals surface area (Å²) < 4.78 is 0. The van der Waals surface area contributed by atoms with E-state index >= 15 is 0 Å². The van der Waals surface area contributed by atoms with Crippen LogP contribution in [0, 0.1) is 18.3 Å². The molecule has 1 N–H and O–H groups in total. The van der Waals surface area contributed by atoms with Gasteiger partial charge in [-0.3, -0.25) is 9.69 Å². The number of benzene rings is 2. The maximum Gasteiger partial charge on any atom is 0.241 e. The third-order valence-corrected chi connectivity index (χ3v) is 5.00. The summed E-state index contributed by atoms with van der Waals surface area (Å²) in [6.07, 6.45) is 0. The Bertz CT molecular complexity index is 819. The van der Waals surface area contributed by atoms with Crippen molar-refractivity contribution < 1.29 is 4.79 Å². The SMILES string of the molecule is Cc1ccccc1N1CCN([C@H](C)C(=O)Nc2ccccc2C#N)CC1. The second-order valence-corrected chi connectivity index (χ2v) is 6.63. The Morgan fingerprint density at radius 2 is 1.73 bits per heavy atom. The highest BCUT2D eigenvalue weighted by atomic mass is 16.2. The van der Waals surface area contributed by atoms with Gasteiger partial charge in [0.05, 0.1) is 17.3 Å². The zero-order valence-corrected chi connectivity index (χ0v) is 15.3.